The zero-order valence-corrected chi connectivity index (χ0v) is 11.8. The van der Waals surface area contributed by atoms with Crippen LogP contribution >= 0.6 is 0 Å². The molecule has 19 heavy (non-hydrogen) atoms. The van der Waals surface area contributed by atoms with Crippen LogP contribution in [-0.2, 0) is 4.79 Å². The van der Waals surface area contributed by atoms with Crippen LogP contribution in [0.5, 0.6) is 5.75 Å². The molecule has 0 saturated heterocycles. The average Bonchev–Trinajstić information content (AvgIpc) is 2.41. The minimum Gasteiger partial charge on any atom is -0.494 e. The molecule has 1 amide bonds. The molecule has 0 radical (unpaired) electrons. The third kappa shape index (κ3) is 5.75. The van der Waals surface area contributed by atoms with Crippen molar-refractivity contribution in [3.05, 3.63) is 29.8 Å². The number of hydrogen-bond donors (Lipinski definition) is 2. The normalized spacial score (nSPS) is 12.1. The zero-order chi connectivity index (χ0) is 14.1. The molecule has 0 aromatic heterocycles. The smallest absolute Gasteiger partial charge is 0.219 e. The predicted octanol–water partition coefficient (Wildman–Crippen LogP) is 2.39. The van der Waals surface area contributed by atoms with Gasteiger partial charge in [-0.25, -0.2) is 0 Å². The van der Waals surface area contributed by atoms with Gasteiger partial charge in [-0.15, -0.1) is 0 Å². The minimum absolute atomic E-state index is 0.0160. The number of primary amides is 1. The summed E-state index contributed by atoms with van der Waals surface area (Å²) in [5.74, 6) is 0.568. The standard InChI is InChI=1S/C15H24N2O2/c1-3-9-17-14(11-15(16)18)12-5-7-13(8-6-12)19-10-4-2/h5-8,14,17H,3-4,9-11H2,1-2H3,(H2,16,18). The molecule has 0 fully saturated rings. The number of rotatable bonds is 9. The third-order valence-corrected chi connectivity index (χ3v) is 2.80. The monoisotopic (exact) mass is 264 g/mol. The molecule has 1 unspecified atom stereocenters. The largest absolute Gasteiger partial charge is 0.494 e. The van der Waals surface area contributed by atoms with Crippen molar-refractivity contribution in [1.82, 2.24) is 5.32 Å². The van der Waals surface area contributed by atoms with E-state index in [0.717, 1.165) is 37.3 Å². The summed E-state index contributed by atoms with van der Waals surface area (Å²) in [6.07, 6.45) is 2.33. The number of nitrogens with two attached hydrogens (primary N) is 1. The van der Waals surface area contributed by atoms with Gasteiger partial charge in [0.2, 0.25) is 5.91 Å². The molecule has 0 bridgehead atoms. The van der Waals surface area contributed by atoms with Gasteiger partial charge < -0.3 is 15.8 Å². The van der Waals surface area contributed by atoms with Crippen molar-refractivity contribution in [2.45, 2.75) is 39.2 Å². The van der Waals surface area contributed by atoms with Crippen LogP contribution in [0.4, 0.5) is 0 Å². The highest BCUT2D eigenvalue weighted by Crippen LogP contribution is 2.20. The van der Waals surface area contributed by atoms with Crippen molar-refractivity contribution in [1.29, 1.82) is 0 Å². The van der Waals surface area contributed by atoms with Crippen LogP contribution < -0.4 is 15.8 Å². The van der Waals surface area contributed by atoms with E-state index in [4.69, 9.17) is 10.5 Å². The first-order valence-corrected chi connectivity index (χ1v) is 6.91. The fourth-order valence-electron chi connectivity index (χ4n) is 1.84. The van der Waals surface area contributed by atoms with E-state index in [2.05, 4.69) is 19.2 Å². The lowest BCUT2D eigenvalue weighted by atomic mass is 10.0. The summed E-state index contributed by atoms with van der Waals surface area (Å²) in [5.41, 5.74) is 6.36. The minimum atomic E-state index is -0.292. The Morgan fingerprint density at radius 1 is 1.26 bits per heavy atom. The van der Waals surface area contributed by atoms with Crippen LogP contribution in [0.15, 0.2) is 24.3 Å². The highest BCUT2D eigenvalue weighted by atomic mass is 16.5. The van der Waals surface area contributed by atoms with Crippen LogP contribution in [0, 0.1) is 0 Å². The summed E-state index contributed by atoms with van der Waals surface area (Å²) >= 11 is 0. The second-order valence-electron chi connectivity index (χ2n) is 4.59. The summed E-state index contributed by atoms with van der Waals surface area (Å²) in [6.45, 7) is 5.76. The van der Waals surface area contributed by atoms with Crippen LogP contribution in [0.25, 0.3) is 0 Å². The van der Waals surface area contributed by atoms with Crippen LogP contribution in [0.2, 0.25) is 0 Å². The number of carbonyl (C=O) groups is 1. The third-order valence-electron chi connectivity index (χ3n) is 2.80. The molecule has 1 atom stereocenters. The Bertz CT molecular complexity index is 376. The Morgan fingerprint density at radius 3 is 2.47 bits per heavy atom. The number of ether oxygens (including phenoxy) is 1. The summed E-state index contributed by atoms with van der Waals surface area (Å²) < 4.78 is 5.54. The maximum atomic E-state index is 11.1. The quantitative estimate of drug-likeness (QED) is 0.720. The fraction of sp³-hybridized carbons (Fsp3) is 0.533. The van der Waals surface area contributed by atoms with Crippen molar-refractivity contribution in [2.24, 2.45) is 5.73 Å². The highest BCUT2D eigenvalue weighted by molar-refractivity contribution is 5.74. The summed E-state index contributed by atoms with van der Waals surface area (Å²) in [7, 11) is 0. The molecule has 0 aliphatic carbocycles. The molecule has 1 aromatic rings. The Morgan fingerprint density at radius 2 is 1.95 bits per heavy atom. The zero-order valence-electron chi connectivity index (χ0n) is 11.8. The number of hydrogen-bond acceptors (Lipinski definition) is 3. The molecule has 0 saturated carbocycles. The first-order chi connectivity index (χ1) is 9.17. The van der Waals surface area contributed by atoms with Crippen molar-refractivity contribution >= 4 is 5.91 Å². The average molecular weight is 264 g/mol. The van der Waals surface area contributed by atoms with E-state index >= 15 is 0 Å². The maximum Gasteiger partial charge on any atom is 0.219 e. The van der Waals surface area contributed by atoms with Gasteiger partial charge in [0, 0.05) is 12.5 Å². The number of nitrogens with one attached hydrogen (secondary N) is 1. The lowest BCUT2D eigenvalue weighted by Gasteiger charge is -2.18. The SMILES string of the molecule is CCCNC(CC(N)=O)c1ccc(OCCC)cc1. The first-order valence-electron chi connectivity index (χ1n) is 6.91. The summed E-state index contributed by atoms with van der Waals surface area (Å²) in [4.78, 5) is 11.1. The van der Waals surface area contributed by atoms with Crippen LogP contribution in [0.3, 0.4) is 0 Å². The highest BCUT2D eigenvalue weighted by Gasteiger charge is 2.13. The molecule has 0 heterocycles. The van der Waals surface area contributed by atoms with Gasteiger partial charge in [0.05, 0.1) is 6.61 Å². The van der Waals surface area contributed by atoms with E-state index < -0.39 is 0 Å². The van der Waals surface area contributed by atoms with Gasteiger partial charge in [-0.2, -0.15) is 0 Å². The molecule has 0 aliphatic heterocycles. The van der Waals surface area contributed by atoms with Gasteiger partial charge in [0.1, 0.15) is 5.75 Å². The molecule has 4 nitrogen and oxygen atoms in total. The van der Waals surface area contributed by atoms with E-state index in [1.54, 1.807) is 0 Å². The molecule has 106 valence electrons. The van der Waals surface area contributed by atoms with Gasteiger partial charge in [-0.1, -0.05) is 26.0 Å². The summed E-state index contributed by atoms with van der Waals surface area (Å²) in [6, 6.07) is 7.83. The van der Waals surface area contributed by atoms with Gasteiger partial charge in [-0.3, -0.25) is 4.79 Å². The molecule has 1 aromatic carbocycles. The van der Waals surface area contributed by atoms with Gasteiger partial charge >= 0.3 is 0 Å². The van der Waals surface area contributed by atoms with E-state index in [-0.39, 0.29) is 11.9 Å². The van der Waals surface area contributed by atoms with Gasteiger partial charge in [0.15, 0.2) is 0 Å². The van der Waals surface area contributed by atoms with Crippen molar-refractivity contribution in [3.63, 3.8) is 0 Å². The first kappa shape index (κ1) is 15.5. The molecular weight excluding hydrogens is 240 g/mol. The summed E-state index contributed by atoms with van der Waals surface area (Å²) in [5, 5.41) is 3.34. The molecule has 0 aliphatic rings. The van der Waals surface area contributed by atoms with Crippen LogP contribution in [0.1, 0.15) is 44.7 Å². The van der Waals surface area contributed by atoms with Gasteiger partial charge in [-0.05, 0) is 37.1 Å². The molecule has 4 heteroatoms. The molecule has 1 rings (SSSR count). The van der Waals surface area contributed by atoms with Crippen molar-refractivity contribution in [3.8, 4) is 5.75 Å². The number of carbonyl (C=O) groups excluding carboxylic acids is 1. The van der Waals surface area contributed by atoms with Crippen LogP contribution in [-0.4, -0.2) is 19.1 Å². The lowest BCUT2D eigenvalue weighted by molar-refractivity contribution is -0.118. The Kier molecular flexibility index (Phi) is 6.97. The predicted molar refractivity (Wildman–Crippen MR) is 77.1 cm³/mol. The molecule has 0 spiro atoms. The Hall–Kier alpha value is -1.55. The number of benzene rings is 1. The Labute approximate surface area is 115 Å². The second-order valence-corrected chi connectivity index (χ2v) is 4.59. The van der Waals surface area contributed by atoms with E-state index in [1.807, 2.05) is 24.3 Å². The van der Waals surface area contributed by atoms with E-state index in [9.17, 15) is 4.79 Å². The second kappa shape index (κ2) is 8.53. The van der Waals surface area contributed by atoms with Crippen molar-refractivity contribution < 1.29 is 9.53 Å². The van der Waals surface area contributed by atoms with Crippen molar-refractivity contribution in [2.75, 3.05) is 13.2 Å². The van der Waals surface area contributed by atoms with Gasteiger partial charge in [0.25, 0.3) is 0 Å². The topological polar surface area (TPSA) is 64.3 Å². The maximum absolute atomic E-state index is 11.1. The van der Waals surface area contributed by atoms with E-state index in [1.165, 1.54) is 0 Å². The molecular formula is C15H24N2O2. The number of amides is 1. The molecule has 3 N–H and O–H groups in total. The van der Waals surface area contributed by atoms with E-state index in [0.29, 0.717) is 6.42 Å². The lowest BCUT2D eigenvalue weighted by Crippen LogP contribution is -2.27. The fourth-order valence-corrected chi connectivity index (χ4v) is 1.84. The Balaban J connectivity index is 2.69.